The highest BCUT2D eigenvalue weighted by Gasteiger charge is 1.98. The van der Waals surface area contributed by atoms with Gasteiger partial charge in [-0.1, -0.05) is 6.07 Å². The van der Waals surface area contributed by atoms with Gasteiger partial charge in [0.25, 0.3) is 0 Å². The first-order valence-corrected chi connectivity index (χ1v) is 5.77. The Labute approximate surface area is 101 Å². The Bertz CT molecular complexity index is 440. The van der Waals surface area contributed by atoms with Crippen LogP contribution in [0.25, 0.3) is 0 Å². The molecule has 1 aromatic heterocycles. The summed E-state index contributed by atoms with van der Waals surface area (Å²) in [5, 5.41) is 0. The number of ether oxygens (including phenoxy) is 1. The van der Waals surface area contributed by atoms with Crippen LogP contribution in [0.5, 0.6) is 5.75 Å². The summed E-state index contributed by atoms with van der Waals surface area (Å²) in [6.45, 7) is 1.68. The van der Waals surface area contributed by atoms with Gasteiger partial charge in [0, 0.05) is 24.2 Å². The minimum Gasteiger partial charge on any atom is -0.493 e. The molecule has 0 aliphatic carbocycles. The number of nitrogens with zero attached hydrogens (tertiary/aromatic N) is 1. The second kappa shape index (κ2) is 5.89. The highest BCUT2D eigenvalue weighted by atomic mass is 16.5. The van der Waals surface area contributed by atoms with E-state index in [1.54, 1.807) is 0 Å². The van der Waals surface area contributed by atoms with E-state index < -0.39 is 0 Å². The maximum absolute atomic E-state index is 5.61. The zero-order valence-corrected chi connectivity index (χ0v) is 9.75. The quantitative estimate of drug-likeness (QED) is 0.484. The predicted molar refractivity (Wildman–Crippen MR) is 67.6 cm³/mol. The van der Waals surface area contributed by atoms with Gasteiger partial charge >= 0.3 is 0 Å². The molecule has 2 N–H and O–H groups in total. The summed E-state index contributed by atoms with van der Waals surface area (Å²) in [6, 6.07) is 13.6. The van der Waals surface area contributed by atoms with Crippen molar-refractivity contribution < 1.29 is 9.30 Å². The minimum absolute atomic E-state index is 0.714. The van der Waals surface area contributed by atoms with Gasteiger partial charge in [-0.15, -0.1) is 0 Å². The van der Waals surface area contributed by atoms with Gasteiger partial charge in [-0.3, -0.25) is 0 Å². The molecule has 0 bridgehead atoms. The molecule has 88 valence electrons. The molecule has 0 fully saturated rings. The lowest BCUT2D eigenvalue weighted by Gasteiger charge is -2.04. The number of benzene rings is 1. The van der Waals surface area contributed by atoms with E-state index in [1.165, 1.54) is 0 Å². The average molecular weight is 229 g/mol. The molecule has 0 amide bonds. The van der Waals surface area contributed by atoms with Crippen LogP contribution >= 0.6 is 0 Å². The Hall–Kier alpha value is -2.03. The van der Waals surface area contributed by atoms with E-state index in [2.05, 4.69) is 17.0 Å². The number of pyridine rings is 1. The molecule has 0 saturated heterocycles. The van der Waals surface area contributed by atoms with E-state index in [0.29, 0.717) is 6.61 Å². The molecule has 0 aliphatic rings. The van der Waals surface area contributed by atoms with Crippen LogP contribution < -0.4 is 15.0 Å². The van der Waals surface area contributed by atoms with Crippen LogP contribution in [0.3, 0.4) is 0 Å². The molecule has 2 rings (SSSR count). The van der Waals surface area contributed by atoms with Gasteiger partial charge < -0.3 is 10.5 Å². The number of rotatable bonds is 5. The van der Waals surface area contributed by atoms with Crippen LogP contribution in [-0.2, 0) is 6.54 Å². The van der Waals surface area contributed by atoms with Crippen molar-refractivity contribution in [2.24, 2.45) is 0 Å². The standard InChI is InChI=1S/C14H17N2O/c15-13-5-7-14(8-6-13)17-12-4-11-16-9-2-1-3-10-16/h1-3,5-10H,4,11-12,15H2/q+1. The van der Waals surface area contributed by atoms with Crippen molar-refractivity contribution in [3.8, 4) is 5.75 Å². The third-order valence-corrected chi connectivity index (χ3v) is 2.49. The van der Waals surface area contributed by atoms with Gasteiger partial charge in [0.1, 0.15) is 5.75 Å². The molecular formula is C14H17N2O+. The molecule has 2 aromatic rings. The molecule has 17 heavy (non-hydrogen) atoms. The molecule has 1 heterocycles. The first kappa shape index (κ1) is 11.5. The molecule has 0 unspecified atom stereocenters. The molecular weight excluding hydrogens is 212 g/mol. The van der Waals surface area contributed by atoms with Crippen LogP contribution in [0.1, 0.15) is 6.42 Å². The fourth-order valence-corrected chi connectivity index (χ4v) is 1.58. The van der Waals surface area contributed by atoms with Crippen LogP contribution in [-0.4, -0.2) is 6.61 Å². The molecule has 0 aliphatic heterocycles. The average Bonchev–Trinajstić information content (AvgIpc) is 2.38. The number of hydrogen-bond donors (Lipinski definition) is 1. The van der Waals surface area contributed by atoms with Gasteiger partial charge in [-0.05, 0) is 24.3 Å². The zero-order valence-electron chi connectivity index (χ0n) is 9.75. The highest BCUT2D eigenvalue weighted by molar-refractivity contribution is 5.41. The SMILES string of the molecule is Nc1ccc(OCCC[n+]2ccccc2)cc1. The fraction of sp³-hybridized carbons (Fsp3) is 0.214. The van der Waals surface area contributed by atoms with Crippen molar-refractivity contribution in [2.45, 2.75) is 13.0 Å². The van der Waals surface area contributed by atoms with Crippen molar-refractivity contribution in [1.82, 2.24) is 0 Å². The Kier molecular flexibility index (Phi) is 3.97. The third kappa shape index (κ3) is 3.79. The lowest BCUT2D eigenvalue weighted by molar-refractivity contribution is -0.697. The van der Waals surface area contributed by atoms with Gasteiger partial charge in [0.2, 0.25) is 0 Å². The number of aromatic nitrogens is 1. The zero-order chi connectivity index (χ0) is 11.9. The summed E-state index contributed by atoms with van der Waals surface area (Å²) in [6.07, 6.45) is 5.10. The highest BCUT2D eigenvalue weighted by Crippen LogP contribution is 2.12. The molecule has 0 atom stereocenters. The summed E-state index contributed by atoms with van der Waals surface area (Å²) in [7, 11) is 0. The Morgan fingerprint density at radius 3 is 2.41 bits per heavy atom. The summed E-state index contributed by atoms with van der Waals surface area (Å²) in [5.41, 5.74) is 6.36. The lowest BCUT2D eigenvalue weighted by Crippen LogP contribution is -2.33. The van der Waals surface area contributed by atoms with Crippen molar-refractivity contribution in [3.05, 3.63) is 54.9 Å². The van der Waals surface area contributed by atoms with E-state index in [4.69, 9.17) is 10.5 Å². The van der Waals surface area contributed by atoms with Crippen LogP contribution in [0.15, 0.2) is 54.9 Å². The predicted octanol–water partition coefficient (Wildman–Crippen LogP) is 2.03. The normalized spacial score (nSPS) is 10.1. The van der Waals surface area contributed by atoms with E-state index in [1.807, 2.05) is 42.5 Å². The van der Waals surface area contributed by atoms with Gasteiger partial charge in [0.05, 0.1) is 6.61 Å². The number of anilines is 1. The Balaban J connectivity index is 1.71. The van der Waals surface area contributed by atoms with Crippen LogP contribution in [0.2, 0.25) is 0 Å². The lowest BCUT2D eigenvalue weighted by atomic mass is 10.3. The first-order valence-electron chi connectivity index (χ1n) is 5.77. The topological polar surface area (TPSA) is 39.1 Å². The van der Waals surface area contributed by atoms with E-state index in [-0.39, 0.29) is 0 Å². The fourth-order valence-electron chi connectivity index (χ4n) is 1.58. The van der Waals surface area contributed by atoms with Crippen LogP contribution in [0, 0.1) is 0 Å². The van der Waals surface area contributed by atoms with Crippen molar-refractivity contribution in [3.63, 3.8) is 0 Å². The monoisotopic (exact) mass is 229 g/mol. The van der Waals surface area contributed by atoms with Crippen molar-refractivity contribution in [1.29, 1.82) is 0 Å². The summed E-state index contributed by atoms with van der Waals surface area (Å²) in [5.74, 6) is 0.872. The Morgan fingerprint density at radius 2 is 1.71 bits per heavy atom. The van der Waals surface area contributed by atoms with Gasteiger partial charge in [-0.2, -0.15) is 0 Å². The number of nitrogens with two attached hydrogens (primary N) is 1. The smallest absolute Gasteiger partial charge is 0.168 e. The summed E-state index contributed by atoms with van der Waals surface area (Å²) < 4.78 is 7.76. The second-order valence-electron chi connectivity index (χ2n) is 3.88. The number of hydrogen-bond acceptors (Lipinski definition) is 2. The van der Waals surface area contributed by atoms with Gasteiger partial charge in [-0.25, -0.2) is 4.57 Å². The molecule has 0 saturated carbocycles. The van der Waals surface area contributed by atoms with Crippen molar-refractivity contribution in [2.75, 3.05) is 12.3 Å². The maximum Gasteiger partial charge on any atom is 0.168 e. The molecule has 1 aromatic carbocycles. The van der Waals surface area contributed by atoms with E-state index in [9.17, 15) is 0 Å². The maximum atomic E-state index is 5.61. The third-order valence-electron chi connectivity index (χ3n) is 2.49. The second-order valence-corrected chi connectivity index (χ2v) is 3.88. The van der Waals surface area contributed by atoms with Gasteiger partial charge in [0.15, 0.2) is 18.9 Å². The number of nitrogen functional groups attached to an aromatic ring is 1. The van der Waals surface area contributed by atoms with E-state index in [0.717, 1.165) is 24.4 Å². The molecule has 0 radical (unpaired) electrons. The Morgan fingerprint density at radius 1 is 1.00 bits per heavy atom. The van der Waals surface area contributed by atoms with Crippen molar-refractivity contribution >= 4 is 5.69 Å². The summed E-state index contributed by atoms with van der Waals surface area (Å²) >= 11 is 0. The summed E-state index contributed by atoms with van der Waals surface area (Å²) in [4.78, 5) is 0. The van der Waals surface area contributed by atoms with Crippen LogP contribution in [0.4, 0.5) is 5.69 Å². The largest absolute Gasteiger partial charge is 0.493 e. The molecule has 3 nitrogen and oxygen atoms in total. The first-order chi connectivity index (χ1) is 8.34. The molecule has 0 spiro atoms. The van der Waals surface area contributed by atoms with E-state index >= 15 is 0 Å². The number of aryl methyl sites for hydroxylation is 1. The minimum atomic E-state index is 0.714. The molecule has 3 heteroatoms.